The lowest BCUT2D eigenvalue weighted by atomic mass is 10.0. The summed E-state index contributed by atoms with van der Waals surface area (Å²) in [7, 11) is 0. The van der Waals surface area contributed by atoms with Crippen LogP contribution in [0.5, 0.6) is 0 Å². The third-order valence-electron chi connectivity index (χ3n) is 15.7. The van der Waals surface area contributed by atoms with Crippen LogP contribution in [0.3, 0.4) is 0 Å². The number of aliphatic hydroxyl groups is 2. The summed E-state index contributed by atoms with van der Waals surface area (Å²) in [5.41, 5.74) is 0. The quantitative estimate of drug-likeness (QED) is 0.0320. The summed E-state index contributed by atoms with van der Waals surface area (Å²) in [5, 5.41) is 23.3. The summed E-state index contributed by atoms with van der Waals surface area (Å²) in [6.45, 7) is 4.95. The Kier molecular flexibility index (Phi) is 63.0. The standard InChI is InChI=1S/C69H131NO5/c1-3-5-7-9-11-13-15-17-19-30-35-39-43-47-51-55-59-63-69(74)75-64-60-56-52-48-44-40-36-32-29-27-25-23-21-22-24-26-28-31-34-38-42-46-50-54-58-62-68(73)70-66(65-71)67(72)61-57-53-49-45-41-37-33-20-18-16-14-12-10-8-6-4-2/h11,13,17,19,22,24,66-67,71-72H,3-10,12,14-16,18,20-21,23,25-65H2,1-2H3,(H,70,73)/b13-11-,19-17-,24-22-. The van der Waals surface area contributed by atoms with Crippen molar-refractivity contribution in [2.75, 3.05) is 13.2 Å². The summed E-state index contributed by atoms with van der Waals surface area (Å²) in [5.74, 6) is -0.0297. The van der Waals surface area contributed by atoms with Crippen molar-refractivity contribution in [2.45, 2.75) is 379 Å². The molecule has 442 valence electrons. The van der Waals surface area contributed by atoms with Crippen LogP contribution in [0.25, 0.3) is 0 Å². The number of rotatable bonds is 63. The maximum atomic E-state index is 12.5. The number of esters is 1. The molecule has 0 aromatic rings. The number of allylic oxidation sites excluding steroid dienone is 6. The number of nitrogens with one attached hydrogen (secondary N) is 1. The average Bonchev–Trinajstić information content (AvgIpc) is 3.41. The highest BCUT2D eigenvalue weighted by Gasteiger charge is 2.20. The summed E-state index contributed by atoms with van der Waals surface area (Å²) in [6.07, 6.45) is 81.7. The number of ether oxygens (including phenoxy) is 1. The van der Waals surface area contributed by atoms with E-state index in [0.717, 1.165) is 51.4 Å². The van der Waals surface area contributed by atoms with Crippen LogP contribution in [0.15, 0.2) is 36.5 Å². The van der Waals surface area contributed by atoms with Crippen LogP contribution < -0.4 is 5.32 Å². The molecular weight excluding hydrogens is 923 g/mol. The first-order valence-electron chi connectivity index (χ1n) is 33.7. The lowest BCUT2D eigenvalue weighted by Crippen LogP contribution is -2.45. The third kappa shape index (κ3) is 61.2. The molecule has 1 amide bonds. The van der Waals surface area contributed by atoms with Gasteiger partial charge in [-0.1, -0.05) is 307 Å². The SMILES string of the molecule is CCCCC/C=C\C/C=C\CCCCCCCCCC(=O)OCCCCCCCCCCCCCC/C=C\CCCCCCCCCCCC(=O)NC(CO)C(O)CCCCCCCCCCCCCCCCCC. The molecule has 0 aliphatic rings. The predicted octanol–water partition coefficient (Wildman–Crippen LogP) is 21.5. The minimum atomic E-state index is -0.667. The van der Waals surface area contributed by atoms with Crippen LogP contribution in [0.2, 0.25) is 0 Å². The first kappa shape index (κ1) is 73.1. The molecule has 3 N–H and O–H groups in total. The molecule has 2 atom stereocenters. The Labute approximate surface area is 468 Å². The fourth-order valence-corrected chi connectivity index (χ4v) is 10.5. The zero-order valence-electron chi connectivity index (χ0n) is 50.5. The van der Waals surface area contributed by atoms with E-state index in [1.165, 1.54) is 283 Å². The molecule has 0 spiro atoms. The Morgan fingerprint density at radius 3 is 1.05 bits per heavy atom. The Bertz CT molecular complexity index is 1210. The first-order valence-corrected chi connectivity index (χ1v) is 33.7. The van der Waals surface area contributed by atoms with Gasteiger partial charge >= 0.3 is 5.97 Å². The van der Waals surface area contributed by atoms with E-state index < -0.39 is 12.1 Å². The fourth-order valence-electron chi connectivity index (χ4n) is 10.5. The van der Waals surface area contributed by atoms with E-state index in [2.05, 4.69) is 55.6 Å². The highest BCUT2D eigenvalue weighted by molar-refractivity contribution is 5.76. The van der Waals surface area contributed by atoms with E-state index in [4.69, 9.17) is 4.74 Å². The monoisotopic (exact) mass is 1050 g/mol. The van der Waals surface area contributed by atoms with Crippen LogP contribution in [-0.4, -0.2) is 47.4 Å². The zero-order valence-corrected chi connectivity index (χ0v) is 50.5. The van der Waals surface area contributed by atoms with Crippen molar-refractivity contribution in [1.82, 2.24) is 5.32 Å². The van der Waals surface area contributed by atoms with Gasteiger partial charge in [0, 0.05) is 12.8 Å². The number of amides is 1. The molecule has 0 fully saturated rings. The molecule has 0 aromatic carbocycles. The van der Waals surface area contributed by atoms with Crippen molar-refractivity contribution in [3.05, 3.63) is 36.5 Å². The van der Waals surface area contributed by atoms with E-state index >= 15 is 0 Å². The first-order chi connectivity index (χ1) is 37.0. The fraction of sp³-hybridized carbons (Fsp3) is 0.884. The number of unbranched alkanes of at least 4 members (excludes halogenated alkanes) is 46. The van der Waals surface area contributed by atoms with E-state index in [0.29, 0.717) is 25.9 Å². The Morgan fingerprint density at radius 1 is 0.373 bits per heavy atom. The number of aliphatic hydroxyl groups excluding tert-OH is 2. The van der Waals surface area contributed by atoms with Crippen molar-refractivity contribution in [2.24, 2.45) is 0 Å². The van der Waals surface area contributed by atoms with Gasteiger partial charge in [-0.15, -0.1) is 0 Å². The third-order valence-corrected chi connectivity index (χ3v) is 15.7. The molecule has 0 heterocycles. The van der Waals surface area contributed by atoms with Gasteiger partial charge in [0.25, 0.3) is 0 Å². The number of carbonyl (C=O) groups excluding carboxylic acids is 2. The van der Waals surface area contributed by atoms with Crippen LogP contribution in [0.4, 0.5) is 0 Å². The lowest BCUT2D eigenvalue weighted by Gasteiger charge is -2.22. The van der Waals surface area contributed by atoms with Crippen molar-refractivity contribution < 1.29 is 24.5 Å². The topological polar surface area (TPSA) is 95.9 Å². The number of hydrogen-bond acceptors (Lipinski definition) is 5. The smallest absolute Gasteiger partial charge is 0.305 e. The van der Waals surface area contributed by atoms with Gasteiger partial charge in [0.1, 0.15) is 0 Å². The summed E-state index contributed by atoms with van der Waals surface area (Å²) >= 11 is 0. The van der Waals surface area contributed by atoms with Crippen molar-refractivity contribution >= 4 is 11.9 Å². The van der Waals surface area contributed by atoms with Gasteiger partial charge in [0.15, 0.2) is 0 Å². The Balaban J connectivity index is 3.39. The normalized spacial score (nSPS) is 12.7. The molecule has 0 radical (unpaired) electrons. The van der Waals surface area contributed by atoms with Gasteiger partial charge in [-0.2, -0.15) is 0 Å². The lowest BCUT2D eigenvalue weighted by molar-refractivity contribution is -0.143. The highest BCUT2D eigenvalue weighted by atomic mass is 16.5. The molecule has 0 bridgehead atoms. The highest BCUT2D eigenvalue weighted by Crippen LogP contribution is 2.18. The molecule has 0 aliphatic heterocycles. The van der Waals surface area contributed by atoms with Crippen LogP contribution in [-0.2, 0) is 14.3 Å². The second-order valence-electron chi connectivity index (χ2n) is 23.1. The second-order valence-corrected chi connectivity index (χ2v) is 23.1. The van der Waals surface area contributed by atoms with E-state index in [9.17, 15) is 19.8 Å². The molecule has 6 nitrogen and oxygen atoms in total. The van der Waals surface area contributed by atoms with Crippen molar-refractivity contribution in [3.63, 3.8) is 0 Å². The molecule has 0 saturated carbocycles. The van der Waals surface area contributed by atoms with Gasteiger partial charge in [-0.3, -0.25) is 9.59 Å². The van der Waals surface area contributed by atoms with Gasteiger partial charge in [0.05, 0.1) is 25.4 Å². The molecule has 0 rings (SSSR count). The molecule has 0 aliphatic carbocycles. The Hall–Kier alpha value is -1.92. The number of hydrogen-bond donors (Lipinski definition) is 3. The van der Waals surface area contributed by atoms with Crippen LogP contribution >= 0.6 is 0 Å². The molecule has 0 aromatic heterocycles. The van der Waals surface area contributed by atoms with Crippen molar-refractivity contribution in [1.29, 1.82) is 0 Å². The molecule has 6 heteroatoms. The largest absolute Gasteiger partial charge is 0.466 e. The minimum absolute atomic E-state index is 0.00605. The van der Waals surface area contributed by atoms with E-state index in [1.807, 2.05) is 0 Å². The van der Waals surface area contributed by atoms with Crippen molar-refractivity contribution in [3.8, 4) is 0 Å². The summed E-state index contributed by atoms with van der Waals surface area (Å²) < 4.78 is 5.49. The molecular formula is C69H131NO5. The summed E-state index contributed by atoms with van der Waals surface area (Å²) in [4.78, 5) is 24.6. The maximum absolute atomic E-state index is 12.5. The maximum Gasteiger partial charge on any atom is 0.305 e. The second kappa shape index (κ2) is 64.6. The van der Waals surface area contributed by atoms with Gasteiger partial charge in [-0.25, -0.2) is 0 Å². The molecule has 0 saturated heterocycles. The zero-order chi connectivity index (χ0) is 54.3. The van der Waals surface area contributed by atoms with Gasteiger partial charge < -0.3 is 20.3 Å². The molecule has 2 unspecified atom stereocenters. The average molecular weight is 1050 g/mol. The summed E-state index contributed by atoms with van der Waals surface area (Å²) in [6, 6.07) is -0.544. The number of carbonyl (C=O) groups is 2. The predicted molar refractivity (Wildman–Crippen MR) is 329 cm³/mol. The van der Waals surface area contributed by atoms with E-state index in [-0.39, 0.29) is 18.5 Å². The van der Waals surface area contributed by atoms with E-state index in [1.54, 1.807) is 0 Å². The minimum Gasteiger partial charge on any atom is -0.466 e. The Morgan fingerprint density at radius 2 is 0.667 bits per heavy atom. The van der Waals surface area contributed by atoms with Gasteiger partial charge in [-0.05, 0) is 83.5 Å². The van der Waals surface area contributed by atoms with Crippen LogP contribution in [0.1, 0.15) is 367 Å². The van der Waals surface area contributed by atoms with Gasteiger partial charge in [0.2, 0.25) is 5.91 Å². The molecule has 75 heavy (non-hydrogen) atoms. The van der Waals surface area contributed by atoms with Crippen LogP contribution in [0, 0.1) is 0 Å².